The summed E-state index contributed by atoms with van der Waals surface area (Å²) < 4.78 is 1.86. The van der Waals surface area contributed by atoms with Crippen molar-refractivity contribution in [1.82, 2.24) is 14.8 Å². The van der Waals surface area contributed by atoms with E-state index in [-0.39, 0.29) is 11.8 Å². The summed E-state index contributed by atoms with van der Waals surface area (Å²) in [4.78, 5) is 27.0. The van der Waals surface area contributed by atoms with Crippen LogP contribution in [0.2, 0.25) is 0 Å². The van der Waals surface area contributed by atoms with Crippen LogP contribution in [0.5, 0.6) is 0 Å². The van der Waals surface area contributed by atoms with Crippen LogP contribution in [0.25, 0.3) is 0 Å². The van der Waals surface area contributed by atoms with E-state index in [0.29, 0.717) is 25.3 Å². The average molecular weight is 311 g/mol. The lowest BCUT2D eigenvalue weighted by molar-refractivity contribution is -0.126. The van der Waals surface area contributed by atoms with Gasteiger partial charge in [-0.1, -0.05) is 37.3 Å². The summed E-state index contributed by atoms with van der Waals surface area (Å²) in [5, 5.41) is 2.92. The smallest absolute Gasteiger partial charge is 0.271 e. The molecule has 1 N–H and O–H groups in total. The largest absolute Gasteiger partial charge is 0.354 e. The summed E-state index contributed by atoms with van der Waals surface area (Å²) in [6.07, 6.45) is 2.73. The Morgan fingerprint density at radius 1 is 1.22 bits per heavy atom. The van der Waals surface area contributed by atoms with Crippen LogP contribution in [0.3, 0.4) is 0 Å². The lowest BCUT2D eigenvalue weighted by Crippen LogP contribution is -2.54. The molecular formula is C18H21N3O2. The first-order valence-corrected chi connectivity index (χ1v) is 7.98. The number of hydrogen-bond acceptors (Lipinski definition) is 2. The second-order valence-corrected chi connectivity index (χ2v) is 5.77. The molecule has 23 heavy (non-hydrogen) atoms. The first-order chi connectivity index (χ1) is 11.2. The highest BCUT2D eigenvalue weighted by Crippen LogP contribution is 2.21. The molecule has 1 atom stereocenters. The van der Waals surface area contributed by atoms with E-state index >= 15 is 0 Å². The molecule has 1 aliphatic heterocycles. The molecule has 0 radical (unpaired) electrons. The van der Waals surface area contributed by atoms with Crippen LogP contribution in [-0.4, -0.2) is 33.9 Å². The summed E-state index contributed by atoms with van der Waals surface area (Å²) >= 11 is 0. The molecule has 0 saturated carbocycles. The van der Waals surface area contributed by atoms with Gasteiger partial charge in [0.15, 0.2) is 0 Å². The normalized spacial score (nSPS) is 17.0. The molecule has 0 aliphatic carbocycles. The third-order valence-electron chi connectivity index (χ3n) is 4.10. The number of aromatic nitrogens is 1. The number of hydrogen-bond donors (Lipinski definition) is 1. The summed E-state index contributed by atoms with van der Waals surface area (Å²) in [5.74, 6) is -0.183. The molecule has 1 aromatic carbocycles. The monoisotopic (exact) mass is 311 g/mol. The van der Waals surface area contributed by atoms with Gasteiger partial charge in [-0.05, 0) is 24.1 Å². The van der Waals surface area contributed by atoms with Crippen LogP contribution in [-0.2, 0) is 17.9 Å². The zero-order chi connectivity index (χ0) is 16.2. The topological polar surface area (TPSA) is 54.3 Å². The van der Waals surface area contributed by atoms with Crippen molar-refractivity contribution >= 4 is 11.8 Å². The quantitative estimate of drug-likeness (QED) is 0.919. The molecule has 0 fully saturated rings. The van der Waals surface area contributed by atoms with Crippen molar-refractivity contribution in [3.63, 3.8) is 0 Å². The molecule has 2 heterocycles. The van der Waals surface area contributed by atoms with Crippen molar-refractivity contribution in [2.75, 3.05) is 6.54 Å². The average Bonchev–Trinajstić information content (AvgIpc) is 3.05. The zero-order valence-electron chi connectivity index (χ0n) is 13.2. The number of nitrogens with zero attached hydrogens (tertiary/aromatic N) is 2. The molecule has 1 aromatic heterocycles. The minimum absolute atomic E-state index is 0.0875. The van der Waals surface area contributed by atoms with Gasteiger partial charge in [0.25, 0.3) is 5.91 Å². The minimum Gasteiger partial charge on any atom is -0.354 e. The molecule has 5 nitrogen and oxygen atoms in total. The number of fused-ring (bicyclic) bond motifs is 1. The highest BCUT2D eigenvalue weighted by Gasteiger charge is 2.36. The van der Waals surface area contributed by atoms with Crippen molar-refractivity contribution in [2.45, 2.75) is 32.5 Å². The standard InChI is InChI=1S/C18H21N3O2/c1-2-10-19-17(22)16-13-20-11-6-9-15(20)18(23)21(16)12-14-7-4-3-5-8-14/h3-9,11,16H,2,10,12-13H2,1H3,(H,19,22). The number of carbonyl (C=O) groups excluding carboxylic acids is 2. The van der Waals surface area contributed by atoms with E-state index in [1.807, 2.05) is 54.1 Å². The van der Waals surface area contributed by atoms with Gasteiger partial charge < -0.3 is 14.8 Å². The molecule has 1 aliphatic rings. The predicted molar refractivity (Wildman–Crippen MR) is 87.8 cm³/mol. The fourth-order valence-corrected chi connectivity index (χ4v) is 2.89. The maximum atomic E-state index is 12.8. The molecule has 2 aromatic rings. The second kappa shape index (κ2) is 6.69. The highest BCUT2D eigenvalue weighted by molar-refractivity contribution is 5.97. The molecule has 0 spiro atoms. The maximum Gasteiger partial charge on any atom is 0.271 e. The van der Waals surface area contributed by atoms with Gasteiger partial charge in [-0.2, -0.15) is 0 Å². The number of amides is 2. The molecule has 1 unspecified atom stereocenters. The van der Waals surface area contributed by atoms with E-state index in [1.165, 1.54) is 0 Å². The van der Waals surface area contributed by atoms with Crippen molar-refractivity contribution in [2.24, 2.45) is 0 Å². The summed E-state index contributed by atoms with van der Waals surface area (Å²) in [6.45, 7) is 3.57. The molecule has 5 heteroatoms. The summed E-state index contributed by atoms with van der Waals surface area (Å²) in [5.41, 5.74) is 1.66. The Hall–Kier alpha value is -2.56. The molecule has 3 rings (SSSR count). The van der Waals surface area contributed by atoms with E-state index in [0.717, 1.165) is 12.0 Å². The lowest BCUT2D eigenvalue weighted by Gasteiger charge is -2.35. The van der Waals surface area contributed by atoms with Crippen LogP contribution in [0, 0.1) is 0 Å². The van der Waals surface area contributed by atoms with Crippen LogP contribution >= 0.6 is 0 Å². The van der Waals surface area contributed by atoms with Crippen LogP contribution in [0.4, 0.5) is 0 Å². The summed E-state index contributed by atoms with van der Waals surface area (Å²) in [7, 11) is 0. The molecule has 2 amide bonds. The first kappa shape index (κ1) is 15.3. The van der Waals surface area contributed by atoms with E-state index in [1.54, 1.807) is 11.0 Å². The van der Waals surface area contributed by atoms with Crippen molar-refractivity contribution in [3.05, 3.63) is 59.9 Å². The minimum atomic E-state index is -0.478. The Balaban J connectivity index is 1.88. The van der Waals surface area contributed by atoms with Crippen LogP contribution < -0.4 is 5.32 Å². The van der Waals surface area contributed by atoms with Gasteiger partial charge in [-0.25, -0.2) is 0 Å². The van der Waals surface area contributed by atoms with E-state index in [4.69, 9.17) is 0 Å². The van der Waals surface area contributed by atoms with Crippen molar-refractivity contribution in [1.29, 1.82) is 0 Å². The Labute approximate surface area is 135 Å². The van der Waals surface area contributed by atoms with E-state index in [9.17, 15) is 9.59 Å². The van der Waals surface area contributed by atoms with Crippen molar-refractivity contribution in [3.8, 4) is 0 Å². The lowest BCUT2D eigenvalue weighted by atomic mass is 10.1. The number of carbonyl (C=O) groups is 2. The van der Waals surface area contributed by atoms with Gasteiger partial charge >= 0.3 is 0 Å². The van der Waals surface area contributed by atoms with Gasteiger partial charge in [-0.3, -0.25) is 9.59 Å². The number of nitrogens with one attached hydrogen (secondary N) is 1. The Kier molecular flexibility index (Phi) is 4.46. The zero-order valence-corrected chi connectivity index (χ0v) is 13.2. The fourth-order valence-electron chi connectivity index (χ4n) is 2.89. The third-order valence-corrected chi connectivity index (χ3v) is 4.10. The molecule has 0 bridgehead atoms. The maximum absolute atomic E-state index is 12.8. The predicted octanol–water partition coefficient (Wildman–Crippen LogP) is 2.04. The van der Waals surface area contributed by atoms with Crippen LogP contribution in [0.1, 0.15) is 29.4 Å². The van der Waals surface area contributed by atoms with Crippen molar-refractivity contribution < 1.29 is 9.59 Å². The fraction of sp³-hybridized carbons (Fsp3) is 0.333. The summed E-state index contributed by atoms with van der Waals surface area (Å²) in [6, 6.07) is 13.0. The van der Waals surface area contributed by atoms with Gasteiger partial charge in [0.1, 0.15) is 11.7 Å². The highest BCUT2D eigenvalue weighted by atomic mass is 16.2. The van der Waals surface area contributed by atoms with E-state index < -0.39 is 6.04 Å². The second-order valence-electron chi connectivity index (χ2n) is 5.77. The molecular weight excluding hydrogens is 290 g/mol. The van der Waals surface area contributed by atoms with E-state index in [2.05, 4.69) is 5.32 Å². The SMILES string of the molecule is CCCNC(=O)C1Cn2cccc2C(=O)N1Cc1ccccc1. The van der Waals surface area contributed by atoms with Crippen LogP contribution in [0.15, 0.2) is 48.7 Å². The number of rotatable bonds is 5. The van der Waals surface area contributed by atoms with Gasteiger partial charge in [0.05, 0.1) is 6.54 Å². The Morgan fingerprint density at radius 3 is 2.74 bits per heavy atom. The first-order valence-electron chi connectivity index (χ1n) is 7.98. The van der Waals surface area contributed by atoms with Gasteiger partial charge in [0.2, 0.25) is 5.91 Å². The molecule has 0 saturated heterocycles. The Bertz CT molecular complexity index is 693. The number of benzene rings is 1. The van der Waals surface area contributed by atoms with Gasteiger partial charge in [0, 0.05) is 19.3 Å². The third kappa shape index (κ3) is 3.13. The van der Waals surface area contributed by atoms with Gasteiger partial charge in [-0.15, -0.1) is 0 Å². The Morgan fingerprint density at radius 2 is 2.00 bits per heavy atom. The molecule has 120 valence electrons.